The summed E-state index contributed by atoms with van der Waals surface area (Å²) in [5.41, 5.74) is 0. The molecular formula is C25H38O10. The van der Waals surface area contributed by atoms with Crippen LogP contribution >= 0.6 is 0 Å². The maximum absolute atomic E-state index is 12.5. The fourth-order valence-electron chi connectivity index (χ4n) is 3.75. The van der Waals surface area contributed by atoms with E-state index in [1.165, 1.54) is 0 Å². The molecule has 10 heteroatoms. The highest BCUT2D eigenvalue weighted by Crippen LogP contribution is 2.35. The van der Waals surface area contributed by atoms with E-state index in [4.69, 9.17) is 18.9 Å². The van der Waals surface area contributed by atoms with Gasteiger partial charge in [-0.05, 0) is 32.6 Å². The Kier molecular flexibility index (Phi) is 13.9. The zero-order valence-electron chi connectivity index (χ0n) is 21.3. The molecule has 1 saturated heterocycles. The van der Waals surface area contributed by atoms with Crippen molar-refractivity contribution in [2.24, 2.45) is 5.92 Å². The lowest BCUT2D eigenvalue weighted by atomic mass is 9.84. The van der Waals surface area contributed by atoms with E-state index in [1.807, 2.05) is 13.8 Å². The van der Waals surface area contributed by atoms with Crippen LogP contribution in [0, 0.1) is 5.92 Å². The van der Waals surface area contributed by atoms with Gasteiger partial charge in [0.25, 0.3) is 0 Å². The first kappa shape index (κ1) is 30.3. The molecule has 0 bridgehead atoms. The second-order valence-electron chi connectivity index (χ2n) is 8.40. The molecule has 1 unspecified atom stereocenters. The van der Waals surface area contributed by atoms with Crippen molar-refractivity contribution in [3.8, 4) is 0 Å². The molecule has 1 fully saturated rings. The van der Waals surface area contributed by atoms with Crippen LogP contribution in [0.15, 0.2) is 12.2 Å². The molecule has 0 N–H and O–H groups in total. The lowest BCUT2D eigenvalue weighted by Gasteiger charge is -2.44. The summed E-state index contributed by atoms with van der Waals surface area (Å²) in [6, 6.07) is 0. The molecule has 0 aliphatic carbocycles. The highest BCUT2D eigenvalue weighted by Gasteiger charge is 2.50. The maximum Gasteiger partial charge on any atom is 0.333 e. The molecule has 0 aromatic rings. The Morgan fingerprint density at radius 1 is 0.743 bits per heavy atom. The monoisotopic (exact) mass is 498 g/mol. The molecule has 0 aromatic heterocycles. The van der Waals surface area contributed by atoms with Crippen molar-refractivity contribution in [3.05, 3.63) is 12.2 Å². The average Bonchev–Trinajstić information content (AvgIpc) is 2.79. The van der Waals surface area contributed by atoms with Crippen LogP contribution in [0.25, 0.3) is 0 Å². The lowest BCUT2D eigenvalue weighted by molar-refractivity contribution is -0.281. The molecular weight excluding hydrogens is 460 g/mol. The maximum atomic E-state index is 12.5. The van der Waals surface area contributed by atoms with Gasteiger partial charge in [-0.25, -0.2) is 9.59 Å². The minimum atomic E-state index is -1.39. The Balaban J connectivity index is 3.24. The van der Waals surface area contributed by atoms with Crippen LogP contribution in [0.1, 0.15) is 79.1 Å². The van der Waals surface area contributed by atoms with E-state index in [2.05, 4.69) is 4.74 Å². The first-order valence-electron chi connectivity index (χ1n) is 12.2. The quantitative estimate of drug-likeness (QED) is 0.200. The minimum absolute atomic E-state index is 0.0689. The van der Waals surface area contributed by atoms with Gasteiger partial charge in [0.2, 0.25) is 12.4 Å². The molecule has 5 atom stereocenters. The van der Waals surface area contributed by atoms with Gasteiger partial charge >= 0.3 is 23.9 Å². The molecule has 0 amide bonds. The van der Waals surface area contributed by atoms with Crippen molar-refractivity contribution >= 4 is 29.7 Å². The summed E-state index contributed by atoms with van der Waals surface area (Å²) < 4.78 is 27.0. The van der Waals surface area contributed by atoms with Crippen LogP contribution in [0.3, 0.4) is 0 Å². The van der Waals surface area contributed by atoms with Gasteiger partial charge in [0.05, 0.1) is 13.2 Å². The summed E-state index contributed by atoms with van der Waals surface area (Å²) in [6.45, 7) is 7.25. The number of hydrogen-bond acceptors (Lipinski definition) is 10. The summed E-state index contributed by atoms with van der Waals surface area (Å²) in [4.78, 5) is 60.6. The Morgan fingerprint density at radius 2 is 1.29 bits per heavy atom. The topological polar surface area (TPSA) is 132 Å². The summed E-state index contributed by atoms with van der Waals surface area (Å²) in [7, 11) is 1.16. The molecule has 198 valence electrons. The molecule has 1 aliphatic heterocycles. The van der Waals surface area contributed by atoms with Gasteiger partial charge in [0, 0.05) is 43.8 Å². The van der Waals surface area contributed by atoms with E-state index in [9.17, 15) is 24.0 Å². The van der Waals surface area contributed by atoms with Crippen molar-refractivity contribution in [3.63, 3.8) is 0 Å². The first-order valence-corrected chi connectivity index (χ1v) is 12.2. The largest absolute Gasteiger partial charge is 0.466 e. The lowest BCUT2D eigenvalue weighted by Crippen LogP contribution is -2.58. The first-order chi connectivity index (χ1) is 16.7. The number of carbonyl (C=O) groups is 5. The standard InChI is InChI=1S/C25H38O10/c1-6-9-17(26)12-13-18-16(4)32-25(35-22(30)15-14-19(27)31-5)24(34-21(29)11-8-3)23(18)33-20(28)10-7-2/h14-16,18,23-25H,6-13H2,1-5H3/b15-14+/t16-,18?,23+,24+,25-/m0/s1. The highest BCUT2D eigenvalue weighted by atomic mass is 16.7. The highest BCUT2D eigenvalue weighted by molar-refractivity contribution is 5.91. The number of Topliss-reactive ketones (excluding diaryl/α,β-unsaturated/α-hetero) is 1. The summed E-state index contributed by atoms with van der Waals surface area (Å²) in [5, 5.41) is 0. The van der Waals surface area contributed by atoms with E-state index in [0.717, 1.165) is 25.7 Å². The van der Waals surface area contributed by atoms with E-state index < -0.39 is 54.4 Å². The fourth-order valence-corrected chi connectivity index (χ4v) is 3.75. The van der Waals surface area contributed by atoms with E-state index >= 15 is 0 Å². The third-order valence-electron chi connectivity index (χ3n) is 5.48. The Hall–Kier alpha value is -2.75. The van der Waals surface area contributed by atoms with Crippen LogP contribution in [0.2, 0.25) is 0 Å². The fraction of sp³-hybridized carbons (Fsp3) is 0.720. The molecule has 0 spiro atoms. The van der Waals surface area contributed by atoms with Crippen molar-refractivity contribution in [1.29, 1.82) is 0 Å². The number of ketones is 1. The third kappa shape index (κ3) is 10.6. The zero-order chi connectivity index (χ0) is 26.4. The summed E-state index contributed by atoms with van der Waals surface area (Å²) in [6.07, 6.45) is 0.593. The molecule has 35 heavy (non-hydrogen) atoms. The smallest absolute Gasteiger partial charge is 0.333 e. The molecule has 1 rings (SSSR count). The Labute approximate surface area is 206 Å². The SMILES string of the molecule is CCCC(=O)CCC1[C@H](C)O[C@@H](OC(=O)/C=C/C(=O)OC)[C@H](OC(=O)CCC)[C@@H]1OC(=O)CCC. The number of carbonyl (C=O) groups excluding carboxylic acids is 5. The summed E-state index contributed by atoms with van der Waals surface area (Å²) in [5.74, 6) is -3.16. The van der Waals surface area contributed by atoms with Crippen LogP contribution in [-0.2, 0) is 47.7 Å². The van der Waals surface area contributed by atoms with Gasteiger partial charge in [-0.15, -0.1) is 0 Å². The Morgan fingerprint density at radius 3 is 1.83 bits per heavy atom. The van der Waals surface area contributed by atoms with Crippen molar-refractivity contribution in [2.75, 3.05) is 7.11 Å². The average molecular weight is 499 g/mol. The van der Waals surface area contributed by atoms with Crippen LogP contribution in [0.4, 0.5) is 0 Å². The number of methoxy groups -OCH3 is 1. The summed E-state index contributed by atoms with van der Waals surface area (Å²) >= 11 is 0. The van der Waals surface area contributed by atoms with Gasteiger partial charge in [-0.1, -0.05) is 20.8 Å². The molecule has 10 nitrogen and oxygen atoms in total. The minimum Gasteiger partial charge on any atom is -0.466 e. The van der Waals surface area contributed by atoms with Crippen molar-refractivity contribution in [2.45, 2.75) is 104 Å². The molecule has 1 heterocycles. The van der Waals surface area contributed by atoms with E-state index in [0.29, 0.717) is 25.7 Å². The molecule has 0 saturated carbocycles. The predicted molar refractivity (Wildman–Crippen MR) is 124 cm³/mol. The van der Waals surface area contributed by atoms with Crippen LogP contribution in [-0.4, -0.2) is 61.4 Å². The van der Waals surface area contributed by atoms with Gasteiger partial charge < -0.3 is 23.7 Å². The van der Waals surface area contributed by atoms with Crippen LogP contribution in [0.5, 0.6) is 0 Å². The molecule has 0 radical (unpaired) electrons. The van der Waals surface area contributed by atoms with Gasteiger partial charge in [-0.3, -0.25) is 14.4 Å². The van der Waals surface area contributed by atoms with Gasteiger partial charge in [-0.2, -0.15) is 0 Å². The molecule has 1 aliphatic rings. The van der Waals surface area contributed by atoms with Gasteiger partial charge in [0.1, 0.15) is 5.78 Å². The van der Waals surface area contributed by atoms with Crippen molar-refractivity contribution in [1.82, 2.24) is 0 Å². The number of hydrogen-bond donors (Lipinski definition) is 0. The third-order valence-corrected chi connectivity index (χ3v) is 5.48. The second-order valence-corrected chi connectivity index (χ2v) is 8.40. The van der Waals surface area contributed by atoms with Crippen LogP contribution < -0.4 is 0 Å². The number of ether oxygens (including phenoxy) is 5. The normalized spacial score (nSPS) is 24.0. The number of esters is 4. The van der Waals surface area contributed by atoms with E-state index in [1.54, 1.807) is 13.8 Å². The second kappa shape index (κ2) is 16.0. The zero-order valence-corrected chi connectivity index (χ0v) is 21.3. The van der Waals surface area contributed by atoms with Crippen molar-refractivity contribution < 1.29 is 47.7 Å². The van der Waals surface area contributed by atoms with E-state index in [-0.39, 0.29) is 25.0 Å². The van der Waals surface area contributed by atoms with Gasteiger partial charge in [0.15, 0.2) is 6.10 Å². The number of rotatable bonds is 14. The predicted octanol–water partition coefficient (Wildman–Crippen LogP) is 3.19. The molecule has 0 aromatic carbocycles. The Bertz CT molecular complexity index is 759.